The highest BCUT2D eigenvalue weighted by Gasteiger charge is 2.30. The molecule has 2 aliphatic rings. The van der Waals surface area contributed by atoms with Gasteiger partial charge in [-0.25, -0.2) is 9.78 Å². The fourth-order valence-electron chi connectivity index (χ4n) is 3.07. The maximum Gasteiger partial charge on any atom is 0.354 e. The van der Waals surface area contributed by atoms with Gasteiger partial charge >= 0.3 is 5.97 Å². The number of carboxylic acid groups (broad SMARTS) is 1. The van der Waals surface area contributed by atoms with E-state index in [0.717, 1.165) is 36.3 Å². The number of aromatic nitrogens is 1. The molecule has 1 aromatic rings. The number of rotatable bonds is 4. The van der Waals surface area contributed by atoms with Crippen LogP contribution in [0.1, 0.15) is 65.3 Å². The third-order valence-corrected chi connectivity index (χ3v) is 4.28. The maximum atomic E-state index is 11.2. The molecule has 0 spiro atoms. The Morgan fingerprint density at radius 2 is 2.21 bits per heavy atom. The molecule has 1 fully saturated rings. The molecule has 0 aromatic carbocycles. The van der Waals surface area contributed by atoms with Crippen molar-refractivity contribution in [3.05, 3.63) is 28.6 Å². The molecule has 1 heterocycles. The molecule has 0 bridgehead atoms. The Morgan fingerprint density at radius 1 is 1.42 bits per heavy atom. The second-order valence-corrected chi connectivity index (χ2v) is 5.60. The molecular formula is C15H16N2O2. The van der Waals surface area contributed by atoms with Crippen molar-refractivity contribution in [2.24, 2.45) is 5.92 Å². The number of carbonyl (C=O) groups is 1. The lowest BCUT2D eigenvalue weighted by Crippen LogP contribution is -2.08. The van der Waals surface area contributed by atoms with Gasteiger partial charge in [0.15, 0.2) is 5.69 Å². The van der Waals surface area contributed by atoms with Crippen LogP contribution in [0, 0.1) is 17.2 Å². The lowest BCUT2D eigenvalue weighted by Gasteiger charge is -2.12. The number of pyridine rings is 1. The summed E-state index contributed by atoms with van der Waals surface area (Å²) in [5.74, 6) is 0.292. The van der Waals surface area contributed by atoms with E-state index in [1.807, 2.05) is 6.07 Å². The van der Waals surface area contributed by atoms with Crippen molar-refractivity contribution >= 4 is 5.97 Å². The predicted octanol–water partition coefficient (Wildman–Crippen LogP) is 2.87. The lowest BCUT2D eigenvalue weighted by molar-refractivity contribution is 0.0689. The molecule has 1 aromatic heterocycles. The minimum atomic E-state index is -1.02. The fraction of sp³-hybridized carbons (Fsp3) is 0.533. The molecule has 3 rings (SSSR count). The Bertz CT molecular complexity index is 570. The van der Waals surface area contributed by atoms with Crippen LogP contribution in [0.25, 0.3) is 0 Å². The summed E-state index contributed by atoms with van der Waals surface area (Å²) in [6, 6.07) is 3.77. The van der Waals surface area contributed by atoms with Crippen molar-refractivity contribution < 1.29 is 9.90 Å². The normalized spacial score (nSPS) is 20.9. The highest BCUT2D eigenvalue weighted by Crippen LogP contribution is 2.42. The van der Waals surface area contributed by atoms with Crippen LogP contribution in [0.3, 0.4) is 0 Å². The van der Waals surface area contributed by atoms with Gasteiger partial charge in [-0.2, -0.15) is 5.26 Å². The molecule has 0 aliphatic heterocycles. The Balaban J connectivity index is 1.91. The van der Waals surface area contributed by atoms with E-state index in [2.05, 4.69) is 4.98 Å². The number of hydrogen-bond donors (Lipinski definition) is 1. The number of aromatic carboxylic acids is 1. The van der Waals surface area contributed by atoms with Crippen molar-refractivity contribution in [3.63, 3.8) is 0 Å². The molecule has 0 saturated heterocycles. The first kappa shape index (κ1) is 12.2. The lowest BCUT2D eigenvalue weighted by atomic mass is 9.94. The summed E-state index contributed by atoms with van der Waals surface area (Å²) in [6.45, 7) is 0. The largest absolute Gasteiger partial charge is 0.477 e. The molecule has 1 atom stereocenters. The van der Waals surface area contributed by atoms with Crippen LogP contribution in [0.2, 0.25) is 0 Å². The quantitative estimate of drug-likeness (QED) is 0.898. The second-order valence-electron chi connectivity index (χ2n) is 5.60. The monoisotopic (exact) mass is 256 g/mol. The van der Waals surface area contributed by atoms with Crippen LogP contribution < -0.4 is 0 Å². The van der Waals surface area contributed by atoms with E-state index < -0.39 is 5.97 Å². The first-order valence-electron chi connectivity index (χ1n) is 6.86. The van der Waals surface area contributed by atoms with Gasteiger partial charge in [-0.05, 0) is 54.7 Å². The van der Waals surface area contributed by atoms with Gasteiger partial charge in [-0.3, -0.25) is 0 Å². The second kappa shape index (κ2) is 4.65. The number of hydrogen-bond acceptors (Lipinski definition) is 3. The fourth-order valence-corrected chi connectivity index (χ4v) is 3.07. The standard InChI is InChI=1S/C15H16N2O2/c16-8-11-7-13-10(4-3-9-1-2-9)5-6-12(13)14(17-11)15(18)19/h7,9-10H,1-6H2,(H,18,19)/t10-/m1/s1. The topological polar surface area (TPSA) is 74.0 Å². The van der Waals surface area contributed by atoms with Crippen molar-refractivity contribution in [2.45, 2.75) is 44.4 Å². The van der Waals surface area contributed by atoms with Crippen LogP contribution in [-0.2, 0) is 6.42 Å². The van der Waals surface area contributed by atoms with Crippen LogP contribution in [0.4, 0.5) is 0 Å². The number of fused-ring (bicyclic) bond motifs is 1. The van der Waals surface area contributed by atoms with Gasteiger partial charge in [0.25, 0.3) is 0 Å². The van der Waals surface area contributed by atoms with Gasteiger partial charge in [-0.1, -0.05) is 12.8 Å². The summed E-state index contributed by atoms with van der Waals surface area (Å²) in [4.78, 5) is 15.2. The zero-order valence-corrected chi connectivity index (χ0v) is 10.7. The van der Waals surface area contributed by atoms with Crippen molar-refractivity contribution in [2.75, 3.05) is 0 Å². The summed E-state index contributed by atoms with van der Waals surface area (Å²) < 4.78 is 0. The Morgan fingerprint density at radius 3 is 2.84 bits per heavy atom. The van der Waals surface area contributed by atoms with Gasteiger partial charge in [0.1, 0.15) is 11.8 Å². The third-order valence-electron chi connectivity index (χ3n) is 4.28. The van der Waals surface area contributed by atoms with Crippen molar-refractivity contribution in [3.8, 4) is 6.07 Å². The highest BCUT2D eigenvalue weighted by atomic mass is 16.4. The summed E-state index contributed by atoms with van der Waals surface area (Å²) in [7, 11) is 0. The average molecular weight is 256 g/mol. The molecule has 4 nitrogen and oxygen atoms in total. The molecule has 2 aliphatic carbocycles. The van der Waals surface area contributed by atoms with Gasteiger partial charge in [0.2, 0.25) is 0 Å². The van der Waals surface area contributed by atoms with E-state index in [0.29, 0.717) is 5.92 Å². The van der Waals surface area contributed by atoms with Crippen LogP contribution >= 0.6 is 0 Å². The van der Waals surface area contributed by atoms with E-state index in [1.54, 1.807) is 6.07 Å². The molecule has 0 unspecified atom stereocenters. The number of nitrogens with zero attached hydrogens (tertiary/aromatic N) is 2. The summed E-state index contributed by atoms with van der Waals surface area (Å²) >= 11 is 0. The Kier molecular flexibility index (Phi) is 2.98. The van der Waals surface area contributed by atoms with E-state index in [9.17, 15) is 9.90 Å². The smallest absolute Gasteiger partial charge is 0.354 e. The van der Waals surface area contributed by atoms with Gasteiger partial charge in [0, 0.05) is 0 Å². The molecular weight excluding hydrogens is 240 g/mol. The summed E-state index contributed by atoms with van der Waals surface area (Å²) in [5, 5.41) is 18.2. The molecule has 1 saturated carbocycles. The molecule has 19 heavy (non-hydrogen) atoms. The Hall–Kier alpha value is -1.89. The zero-order chi connectivity index (χ0) is 13.4. The molecule has 0 amide bonds. The molecule has 4 heteroatoms. The summed E-state index contributed by atoms with van der Waals surface area (Å²) in [6.07, 6.45) is 6.83. The highest BCUT2D eigenvalue weighted by molar-refractivity contribution is 5.88. The average Bonchev–Trinajstić information content (AvgIpc) is 3.15. The summed E-state index contributed by atoms with van der Waals surface area (Å²) in [5.41, 5.74) is 2.23. The van der Waals surface area contributed by atoms with Gasteiger partial charge in [0.05, 0.1) is 0 Å². The van der Waals surface area contributed by atoms with Gasteiger partial charge < -0.3 is 5.11 Å². The van der Waals surface area contributed by atoms with E-state index in [-0.39, 0.29) is 11.4 Å². The first-order chi connectivity index (χ1) is 9.19. The van der Waals surface area contributed by atoms with Gasteiger partial charge in [-0.15, -0.1) is 0 Å². The van der Waals surface area contributed by atoms with Crippen molar-refractivity contribution in [1.82, 2.24) is 4.98 Å². The SMILES string of the molecule is N#Cc1cc2c(c(C(=O)O)n1)CC[C@H]2CCC1CC1. The maximum absolute atomic E-state index is 11.2. The van der Waals surface area contributed by atoms with E-state index >= 15 is 0 Å². The Labute approximate surface area is 112 Å². The molecule has 0 radical (unpaired) electrons. The van der Waals surface area contributed by atoms with Crippen LogP contribution in [0.15, 0.2) is 6.07 Å². The minimum absolute atomic E-state index is 0.0861. The molecule has 1 N–H and O–H groups in total. The van der Waals surface area contributed by atoms with Crippen molar-refractivity contribution in [1.29, 1.82) is 5.26 Å². The van der Waals surface area contributed by atoms with E-state index in [1.165, 1.54) is 19.3 Å². The predicted molar refractivity (Wildman–Crippen MR) is 68.9 cm³/mol. The van der Waals surface area contributed by atoms with Crippen LogP contribution in [-0.4, -0.2) is 16.1 Å². The van der Waals surface area contributed by atoms with Crippen LogP contribution in [0.5, 0.6) is 0 Å². The molecule has 98 valence electrons. The zero-order valence-electron chi connectivity index (χ0n) is 10.7. The number of carboxylic acids is 1. The number of nitriles is 1. The first-order valence-corrected chi connectivity index (χ1v) is 6.86. The third kappa shape index (κ3) is 2.33. The minimum Gasteiger partial charge on any atom is -0.477 e. The van der Waals surface area contributed by atoms with E-state index in [4.69, 9.17) is 5.26 Å².